The SMILES string of the molecule is CC1C=CC(C23CC4CC(CC(C4)C2)C3)=C1c1cccc2c1Cc1ccccc1-2. The molecule has 0 heteroatoms. The van der Waals surface area contributed by atoms with E-state index in [2.05, 4.69) is 61.5 Å². The van der Waals surface area contributed by atoms with Gasteiger partial charge in [-0.2, -0.15) is 0 Å². The molecule has 0 amide bonds. The molecule has 8 rings (SSSR count). The van der Waals surface area contributed by atoms with Gasteiger partial charge in [0.25, 0.3) is 0 Å². The van der Waals surface area contributed by atoms with Crippen LogP contribution >= 0.6 is 0 Å². The van der Waals surface area contributed by atoms with Crippen molar-refractivity contribution >= 4 is 5.57 Å². The van der Waals surface area contributed by atoms with E-state index in [9.17, 15) is 0 Å². The van der Waals surface area contributed by atoms with Crippen molar-refractivity contribution in [2.75, 3.05) is 0 Å². The highest BCUT2D eigenvalue weighted by Crippen LogP contribution is 2.65. The molecular weight excluding hydrogens is 348 g/mol. The molecular formula is C29H30. The van der Waals surface area contributed by atoms with E-state index < -0.39 is 0 Å². The van der Waals surface area contributed by atoms with E-state index in [1.165, 1.54) is 55.2 Å². The Hall–Kier alpha value is -2.08. The number of fused-ring (bicyclic) bond motifs is 3. The summed E-state index contributed by atoms with van der Waals surface area (Å²) in [6.45, 7) is 2.43. The lowest BCUT2D eigenvalue weighted by Crippen LogP contribution is -2.46. The monoisotopic (exact) mass is 378 g/mol. The van der Waals surface area contributed by atoms with Crippen LogP contribution in [-0.4, -0.2) is 0 Å². The lowest BCUT2D eigenvalue weighted by molar-refractivity contribution is -0.0281. The first-order valence-electron chi connectivity index (χ1n) is 11.8. The molecule has 4 fully saturated rings. The Kier molecular flexibility index (Phi) is 3.31. The van der Waals surface area contributed by atoms with Gasteiger partial charge in [-0.05, 0) is 107 Å². The van der Waals surface area contributed by atoms with Crippen LogP contribution in [0.1, 0.15) is 62.1 Å². The van der Waals surface area contributed by atoms with Gasteiger partial charge in [0.1, 0.15) is 0 Å². The molecule has 0 spiro atoms. The molecule has 0 aromatic heterocycles. The molecule has 29 heavy (non-hydrogen) atoms. The van der Waals surface area contributed by atoms with E-state index in [1.54, 1.807) is 22.3 Å². The average Bonchev–Trinajstić information content (AvgIpc) is 3.28. The Balaban J connectivity index is 1.40. The number of hydrogen-bond donors (Lipinski definition) is 0. The topological polar surface area (TPSA) is 0 Å². The van der Waals surface area contributed by atoms with Crippen molar-refractivity contribution in [1.82, 2.24) is 0 Å². The fraction of sp³-hybridized carbons (Fsp3) is 0.448. The maximum absolute atomic E-state index is 2.56. The zero-order chi connectivity index (χ0) is 19.2. The zero-order valence-corrected chi connectivity index (χ0v) is 17.5. The van der Waals surface area contributed by atoms with Crippen molar-refractivity contribution in [1.29, 1.82) is 0 Å². The molecule has 0 heterocycles. The first kappa shape index (κ1) is 16.7. The summed E-state index contributed by atoms with van der Waals surface area (Å²) in [5, 5.41) is 0. The molecule has 4 bridgehead atoms. The largest absolute Gasteiger partial charge is 0.0769 e. The molecule has 2 aromatic rings. The van der Waals surface area contributed by atoms with Crippen molar-refractivity contribution in [3.8, 4) is 11.1 Å². The molecule has 0 N–H and O–H groups in total. The van der Waals surface area contributed by atoms with Crippen molar-refractivity contribution in [2.24, 2.45) is 29.1 Å². The van der Waals surface area contributed by atoms with Gasteiger partial charge in [-0.3, -0.25) is 0 Å². The first-order chi connectivity index (χ1) is 14.2. The third kappa shape index (κ3) is 2.26. The Morgan fingerprint density at radius 3 is 2.17 bits per heavy atom. The van der Waals surface area contributed by atoms with Crippen LogP contribution in [0.3, 0.4) is 0 Å². The third-order valence-corrected chi connectivity index (χ3v) is 9.05. The molecule has 6 aliphatic carbocycles. The van der Waals surface area contributed by atoms with Crippen LogP contribution in [0.2, 0.25) is 0 Å². The molecule has 0 radical (unpaired) electrons. The van der Waals surface area contributed by atoms with Crippen LogP contribution in [0.15, 0.2) is 60.2 Å². The Morgan fingerprint density at radius 1 is 0.759 bits per heavy atom. The molecule has 0 nitrogen and oxygen atoms in total. The molecule has 1 unspecified atom stereocenters. The van der Waals surface area contributed by atoms with Crippen LogP contribution in [-0.2, 0) is 6.42 Å². The minimum Gasteiger partial charge on any atom is -0.0769 e. The van der Waals surface area contributed by atoms with Gasteiger partial charge in [0.05, 0.1) is 0 Å². The van der Waals surface area contributed by atoms with Crippen molar-refractivity contribution < 1.29 is 0 Å². The first-order valence-corrected chi connectivity index (χ1v) is 11.8. The van der Waals surface area contributed by atoms with Gasteiger partial charge >= 0.3 is 0 Å². The summed E-state index contributed by atoms with van der Waals surface area (Å²) in [4.78, 5) is 0. The van der Waals surface area contributed by atoms with Gasteiger partial charge < -0.3 is 0 Å². The number of hydrogen-bond acceptors (Lipinski definition) is 0. The second-order valence-electron chi connectivity index (χ2n) is 10.8. The van der Waals surface area contributed by atoms with Crippen LogP contribution in [0.25, 0.3) is 16.7 Å². The van der Waals surface area contributed by atoms with E-state index >= 15 is 0 Å². The van der Waals surface area contributed by atoms with Gasteiger partial charge in [-0.25, -0.2) is 0 Å². The highest BCUT2D eigenvalue weighted by Gasteiger charge is 2.53. The maximum atomic E-state index is 2.56. The quantitative estimate of drug-likeness (QED) is 0.435. The second-order valence-corrected chi connectivity index (χ2v) is 10.8. The van der Waals surface area contributed by atoms with Crippen LogP contribution in [0.5, 0.6) is 0 Å². The van der Waals surface area contributed by atoms with Crippen molar-refractivity contribution in [3.05, 3.63) is 76.9 Å². The van der Waals surface area contributed by atoms with E-state index in [0.717, 1.165) is 24.2 Å². The zero-order valence-electron chi connectivity index (χ0n) is 17.5. The number of rotatable bonds is 2. The van der Waals surface area contributed by atoms with Gasteiger partial charge in [-0.1, -0.05) is 61.5 Å². The Labute approximate surface area is 174 Å². The summed E-state index contributed by atoms with van der Waals surface area (Å²) >= 11 is 0. The average molecular weight is 379 g/mol. The molecule has 6 aliphatic rings. The molecule has 2 aromatic carbocycles. The van der Waals surface area contributed by atoms with Crippen molar-refractivity contribution in [2.45, 2.75) is 51.9 Å². The third-order valence-electron chi connectivity index (χ3n) is 9.05. The van der Waals surface area contributed by atoms with E-state index in [4.69, 9.17) is 0 Å². The maximum Gasteiger partial charge on any atom is 0.000177 e. The summed E-state index contributed by atoms with van der Waals surface area (Å²) in [5.74, 6) is 3.56. The molecule has 146 valence electrons. The van der Waals surface area contributed by atoms with E-state index in [-0.39, 0.29) is 0 Å². The number of benzene rings is 2. The standard InChI is InChI=1S/C29H30/c1-18-9-10-27(29-15-19-11-20(16-29)13-21(12-19)17-29)28(18)25-8-4-7-24-23-6-3-2-5-22(23)14-26(24)25/h2-10,18-21H,11-17H2,1H3. The summed E-state index contributed by atoms with van der Waals surface area (Å²) in [6, 6.07) is 16.1. The summed E-state index contributed by atoms with van der Waals surface area (Å²) in [5.41, 5.74) is 11.5. The highest BCUT2D eigenvalue weighted by atomic mass is 14.6. The van der Waals surface area contributed by atoms with E-state index in [1.807, 2.05) is 0 Å². The Bertz CT molecular complexity index is 1040. The van der Waals surface area contributed by atoms with Gasteiger partial charge in [-0.15, -0.1) is 0 Å². The summed E-state index contributed by atoms with van der Waals surface area (Å²) in [7, 11) is 0. The normalized spacial score (nSPS) is 36.0. The van der Waals surface area contributed by atoms with Crippen LogP contribution in [0.4, 0.5) is 0 Å². The number of allylic oxidation sites excluding steroid dienone is 4. The van der Waals surface area contributed by atoms with Crippen LogP contribution < -0.4 is 0 Å². The summed E-state index contributed by atoms with van der Waals surface area (Å²) < 4.78 is 0. The molecule has 0 saturated heterocycles. The van der Waals surface area contributed by atoms with Crippen molar-refractivity contribution in [3.63, 3.8) is 0 Å². The fourth-order valence-electron chi connectivity index (χ4n) is 8.37. The molecule has 4 saturated carbocycles. The fourth-order valence-corrected chi connectivity index (χ4v) is 8.37. The minimum atomic E-state index is 0.486. The predicted octanol–water partition coefficient (Wildman–Crippen LogP) is 7.43. The van der Waals surface area contributed by atoms with Gasteiger partial charge in [0.15, 0.2) is 0 Å². The smallest absolute Gasteiger partial charge is 0.000177 e. The highest BCUT2D eigenvalue weighted by molar-refractivity contribution is 5.87. The van der Waals surface area contributed by atoms with Crippen LogP contribution in [0, 0.1) is 29.1 Å². The van der Waals surface area contributed by atoms with E-state index in [0.29, 0.717) is 11.3 Å². The molecule has 1 atom stereocenters. The second kappa shape index (κ2) is 5.75. The molecule has 0 aliphatic heterocycles. The lowest BCUT2D eigenvalue weighted by Gasteiger charge is -2.57. The van der Waals surface area contributed by atoms with Gasteiger partial charge in [0.2, 0.25) is 0 Å². The predicted molar refractivity (Wildman–Crippen MR) is 121 cm³/mol. The minimum absolute atomic E-state index is 0.486. The summed E-state index contributed by atoms with van der Waals surface area (Å²) in [6.07, 6.45) is 15.1. The van der Waals surface area contributed by atoms with Gasteiger partial charge in [0, 0.05) is 5.92 Å². The lowest BCUT2D eigenvalue weighted by atomic mass is 9.47. The Morgan fingerprint density at radius 2 is 1.41 bits per heavy atom.